The van der Waals surface area contributed by atoms with Crippen LogP contribution in [0.4, 0.5) is 5.69 Å². The van der Waals surface area contributed by atoms with E-state index in [1.807, 2.05) is 38.1 Å². The van der Waals surface area contributed by atoms with E-state index < -0.39 is 0 Å². The van der Waals surface area contributed by atoms with Gasteiger partial charge in [0.2, 0.25) is 5.91 Å². The van der Waals surface area contributed by atoms with Crippen molar-refractivity contribution in [2.24, 2.45) is 0 Å². The Bertz CT molecular complexity index is 666. The first-order valence-electron chi connectivity index (χ1n) is 7.59. The maximum absolute atomic E-state index is 12.0. The van der Waals surface area contributed by atoms with Gasteiger partial charge in [0.25, 0.3) is 0 Å². The van der Waals surface area contributed by atoms with E-state index in [0.29, 0.717) is 12.8 Å². The van der Waals surface area contributed by atoms with Gasteiger partial charge in [-0.25, -0.2) is 4.98 Å². The van der Waals surface area contributed by atoms with Gasteiger partial charge in [0.15, 0.2) is 5.89 Å². The molecule has 0 radical (unpaired) electrons. The molecule has 0 unspecified atom stereocenters. The van der Waals surface area contributed by atoms with Crippen LogP contribution in [0.1, 0.15) is 50.1 Å². The summed E-state index contributed by atoms with van der Waals surface area (Å²) in [5.74, 6) is 1.50. The second-order valence-corrected chi connectivity index (χ2v) is 6.70. The molecule has 1 heterocycles. The van der Waals surface area contributed by atoms with Crippen molar-refractivity contribution in [1.82, 2.24) is 4.98 Å². The number of amides is 1. The number of hydrogen-bond donors (Lipinski definition) is 1. The highest BCUT2D eigenvalue weighted by molar-refractivity contribution is 5.90. The Morgan fingerprint density at radius 3 is 2.59 bits per heavy atom. The van der Waals surface area contributed by atoms with E-state index in [1.165, 1.54) is 0 Å². The molecule has 22 heavy (non-hydrogen) atoms. The highest BCUT2D eigenvalue weighted by Crippen LogP contribution is 2.24. The minimum atomic E-state index is -0.118. The molecule has 0 saturated carbocycles. The minimum Gasteiger partial charge on any atom is -0.445 e. The van der Waals surface area contributed by atoms with Crippen LogP contribution in [0.3, 0.4) is 0 Å². The molecule has 1 N–H and O–H groups in total. The zero-order valence-corrected chi connectivity index (χ0v) is 14.0. The standard InChI is InChI=1S/C18H24N2O2/c1-12-7-6-8-14(11-12)20-16(21)10-9-15-13(2)19-17(22-15)18(3,4)5/h6-8,11H,9-10H2,1-5H3,(H,20,21). The van der Waals surface area contributed by atoms with Gasteiger partial charge in [-0.05, 0) is 31.5 Å². The second-order valence-electron chi connectivity index (χ2n) is 6.70. The van der Waals surface area contributed by atoms with Crippen molar-refractivity contribution < 1.29 is 9.21 Å². The van der Waals surface area contributed by atoms with Gasteiger partial charge in [0.05, 0.1) is 5.69 Å². The Balaban J connectivity index is 1.95. The average molecular weight is 300 g/mol. The first-order chi connectivity index (χ1) is 10.3. The summed E-state index contributed by atoms with van der Waals surface area (Å²) in [6.45, 7) is 10.1. The summed E-state index contributed by atoms with van der Waals surface area (Å²) in [4.78, 5) is 16.5. The number of benzene rings is 1. The molecular formula is C18H24N2O2. The van der Waals surface area contributed by atoms with Crippen LogP contribution >= 0.6 is 0 Å². The molecule has 0 saturated heterocycles. The van der Waals surface area contributed by atoms with Crippen molar-refractivity contribution in [3.05, 3.63) is 47.2 Å². The summed E-state index contributed by atoms with van der Waals surface area (Å²) in [5.41, 5.74) is 2.70. The Hall–Kier alpha value is -2.10. The Labute approximate surface area is 131 Å². The van der Waals surface area contributed by atoms with E-state index in [9.17, 15) is 4.79 Å². The lowest BCUT2D eigenvalue weighted by Gasteiger charge is -2.12. The fourth-order valence-electron chi connectivity index (χ4n) is 2.15. The zero-order chi connectivity index (χ0) is 16.3. The number of carbonyl (C=O) groups is 1. The molecule has 0 aliphatic carbocycles. The van der Waals surface area contributed by atoms with Gasteiger partial charge in [0.1, 0.15) is 5.76 Å². The monoisotopic (exact) mass is 300 g/mol. The molecular weight excluding hydrogens is 276 g/mol. The highest BCUT2D eigenvalue weighted by atomic mass is 16.4. The first kappa shape index (κ1) is 16.3. The third-order valence-electron chi connectivity index (χ3n) is 3.42. The number of rotatable bonds is 4. The molecule has 118 valence electrons. The summed E-state index contributed by atoms with van der Waals surface area (Å²) in [5, 5.41) is 2.91. The Morgan fingerprint density at radius 1 is 1.27 bits per heavy atom. The lowest BCUT2D eigenvalue weighted by atomic mass is 9.97. The zero-order valence-electron chi connectivity index (χ0n) is 14.0. The number of anilines is 1. The van der Waals surface area contributed by atoms with E-state index in [4.69, 9.17) is 4.42 Å². The Kier molecular flexibility index (Phi) is 4.69. The average Bonchev–Trinajstić information content (AvgIpc) is 2.78. The van der Waals surface area contributed by atoms with Gasteiger partial charge < -0.3 is 9.73 Å². The molecule has 0 atom stereocenters. The van der Waals surface area contributed by atoms with Gasteiger partial charge in [-0.15, -0.1) is 0 Å². The van der Waals surface area contributed by atoms with Crippen molar-refractivity contribution in [2.75, 3.05) is 5.32 Å². The van der Waals surface area contributed by atoms with E-state index in [0.717, 1.165) is 28.6 Å². The minimum absolute atomic E-state index is 0.0151. The van der Waals surface area contributed by atoms with Crippen LogP contribution < -0.4 is 5.32 Å². The van der Waals surface area contributed by atoms with Crippen molar-refractivity contribution in [2.45, 2.75) is 52.9 Å². The number of carbonyl (C=O) groups excluding carboxylic acids is 1. The molecule has 0 aliphatic heterocycles. The SMILES string of the molecule is Cc1cccc(NC(=O)CCc2oc(C(C)(C)C)nc2C)c1. The molecule has 1 aromatic heterocycles. The first-order valence-corrected chi connectivity index (χ1v) is 7.59. The smallest absolute Gasteiger partial charge is 0.224 e. The van der Waals surface area contributed by atoms with Crippen LogP contribution in [0.25, 0.3) is 0 Å². The molecule has 0 fully saturated rings. The fourth-order valence-corrected chi connectivity index (χ4v) is 2.15. The van der Waals surface area contributed by atoms with Gasteiger partial charge in [0, 0.05) is 23.9 Å². The number of nitrogens with zero attached hydrogens (tertiary/aromatic N) is 1. The van der Waals surface area contributed by atoms with Gasteiger partial charge in [-0.1, -0.05) is 32.9 Å². The summed E-state index contributed by atoms with van der Waals surface area (Å²) in [6.07, 6.45) is 0.945. The summed E-state index contributed by atoms with van der Waals surface area (Å²) in [7, 11) is 0. The normalized spacial score (nSPS) is 11.5. The van der Waals surface area contributed by atoms with Crippen LogP contribution in [0, 0.1) is 13.8 Å². The van der Waals surface area contributed by atoms with Crippen LogP contribution in [0.5, 0.6) is 0 Å². The summed E-state index contributed by atoms with van der Waals surface area (Å²) < 4.78 is 5.81. The second kappa shape index (κ2) is 6.34. The molecule has 1 amide bonds. The van der Waals surface area contributed by atoms with Crippen LogP contribution in [0.15, 0.2) is 28.7 Å². The van der Waals surface area contributed by atoms with E-state index in [2.05, 4.69) is 31.1 Å². The van der Waals surface area contributed by atoms with Crippen molar-refractivity contribution in [3.63, 3.8) is 0 Å². The van der Waals surface area contributed by atoms with Crippen LogP contribution in [0.2, 0.25) is 0 Å². The molecule has 0 bridgehead atoms. The molecule has 0 aliphatic rings. The number of aryl methyl sites for hydroxylation is 3. The van der Waals surface area contributed by atoms with Crippen molar-refractivity contribution in [3.8, 4) is 0 Å². The maximum Gasteiger partial charge on any atom is 0.224 e. The topological polar surface area (TPSA) is 55.1 Å². The maximum atomic E-state index is 12.0. The van der Waals surface area contributed by atoms with Gasteiger partial charge in [-0.3, -0.25) is 4.79 Å². The third-order valence-corrected chi connectivity index (χ3v) is 3.42. The lowest BCUT2D eigenvalue weighted by molar-refractivity contribution is -0.116. The van der Waals surface area contributed by atoms with Crippen LogP contribution in [-0.2, 0) is 16.6 Å². The van der Waals surface area contributed by atoms with E-state index >= 15 is 0 Å². The number of oxazole rings is 1. The number of nitrogens with one attached hydrogen (secondary N) is 1. The molecule has 4 heteroatoms. The molecule has 1 aromatic carbocycles. The molecule has 2 rings (SSSR count). The van der Waals surface area contributed by atoms with E-state index in [1.54, 1.807) is 0 Å². The third kappa shape index (κ3) is 4.20. The molecule has 0 spiro atoms. The number of hydrogen-bond acceptors (Lipinski definition) is 3. The van der Waals surface area contributed by atoms with Crippen molar-refractivity contribution >= 4 is 11.6 Å². The molecule has 4 nitrogen and oxygen atoms in total. The largest absolute Gasteiger partial charge is 0.445 e. The number of aromatic nitrogens is 1. The molecule has 2 aromatic rings. The highest BCUT2D eigenvalue weighted by Gasteiger charge is 2.22. The Morgan fingerprint density at radius 2 is 2.00 bits per heavy atom. The van der Waals surface area contributed by atoms with Gasteiger partial charge in [-0.2, -0.15) is 0 Å². The summed E-state index contributed by atoms with van der Waals surface area (Å²) in [6, 6.07) is 7.78. The summed E-state index contributed by atoms with van der Waals surface area (Å²) >= 11 is 0. The predicted molar refractivity (Wildman–Crippen MR) is 88.1 cm³/mol. The lowest BCUT2D eigenvalue weighted by Crippen LogP contribution is -2.12. The van der Waals surface area contributed by atoms with Crippen LogP contribution in [-0.4, -0.2) is 10.9 Å². The van der Waals surface area contributed by atoms with Crippen molar-refractivity contribution in [1.29, 1.82) is 0 Å². The fraction of sp³-hybridized carbons (Fsp3) is 0.444. The predicted octanol–water partition coefficient (Wildman–Crippen LogP) is 4.16. The quantitative estimate of drug-likeness (QED) is 0.922. The van der Waals surface area contributed by atoms with Gasteiger partial charge >= 0.3 is 0 Å². The van der Waals surface area contributed by atoms with E-state index in [-0.39, 0.29) is 11.3 Å².